The molecule has 1 aromatic carbocycles. The summed E-state index contributed by atoms with van der Waals surface area (Å²) in [4.78, 5) is 2.34. The second-order valence-electron chi connectivity index (χ2n) is 5.09. The molecule has 1 N–H and O–H groups in total. The first kappa shape index (κ1) is 11.5. The highest BCUT2D eigenvalue weighted by molar-refractivity contribution is 6.30. The highest BCUT2D eigenvalue weighted by Gasteiger charge is 2.35. The van der Waals surface area contributed by atoms with Crippen molar-refractivity contribution in [2.75, 3.05) is 26.2 Å². The Bertz CT molecular complexity index is 412. The zero-order valence-corrected chi connectivity index (χ0v) is 10.4. The number of nitrogens with zero attached hydrogens (tertiary/aromatic N) is 1. The van der Waals surface area contributed by atoms with Crippen molar-refractivity contribution < 1.29 is 4.39 Å². The highest BCUT2D eigenvalue weighted by atomic mass is 35.5. The number of rotatable bonds is 2. The molecule has 0 saturated carbocycles. The van der Waals surface area contributed by atoms with Crippen LogP contribution in [-0.2, 0) is 6.54 Å². The first-order valence-corrected chi connectivity index (χ1v) is 6.48. The van der Waals surface area contributed by atoms with E-state index in [4.69, 9.17) is 11.6 Å². The Morgan fingerprint density at radius 3 is 2.71 bits per heavy atom. The minimum atomic E-state index is -0.260. The van der Waals surface area contributed by atoms with E-state index in [0.29, 0.717) is 12.1 Å². The second-order valence-corrected chi connectivity index (χ2v) is 5.49. The maximum absolute atomic E-state index is 13.8. The topological polar surface area (TPSA) is 15.3 Å². The zero-order chi connectivity index (χ0) is 11.8. The minimum absolute atomic E-state index is 0.226. The number of nitrogens with one attached hydrogen (secondary N) is 1. The zero-order valence-electron chi connectivity index (χ0n) is 9.63. The predicted octanol–water partition coefficient (Wildman–Crippen LogP) is 2.13. The molecule has 0 radical (unpaired) electrons. The molecular weight excluding hydrogens is 239 g/mol. The first-order valence-electron chi connectivity index (χ1n) is 6.10. The van der Waals surface area contributed by atoms with Crippen LogP contribution < -0.4 is 5.32 Å². The molecule has 2 heterocycles. The maximum atomic E-state index is 13.8. The largest absolute Gasteiger partial charge is 0.316 e. The maximum Gasteiger partial charge on any atom is 0.146 e. The fourth-order valence-corrected chi connectivity index (χ4v) is 3.19. The van der Waals surface area contributed by atoms with Crippen molar-refractivity contribution in [1.82, 2.24) is 10.2 Å². The fourth-order valence-electron chi connectivity index (χ4n) is 2.99. The van der Waals surface area contributed by atoms with Crippen LogP contribution >= 0.6 is 11.6 Å². The SMILES string of the molecule is Fc1c(Cl)cccc1CN1CC2CNCC2C1. The van der Waals surface area contributed by atoms with Gasteiger partial charge in [-0.25, -0.2) is 4.39 Å². The Morgan fingerprint density at radius 1 is 1.29 bits per heavy atom. The van der Waals surface area contributed by atoms with Crippen LogP contribution in [0.2, 0.25) is 5.02 Å². The molecule has 3 rings (SSSR count). The van der Waals surface area contributed by atoms with Crippen LogP contribution in [0.4, 0.5) is 4.39 Å². The quantitative estimate of drug-likeness (QED) is 0.870. The molecule has 0 amide bonds. The van der Waals surface area contributed by atoms with Crippen LogP contribution in [-0.4, -0.2) is 31.1 Å². The average Bonchev–Trinajstić information content (AvgIpc) is 2.85. The summed E-state index contributed by atoms with van der Waals surface area (Å²) in [6.45, 7) is 5.05. The van der Waals surface area contributed by atoms with Gasteiger partial charge in [0.2, 0.25) is 0 Å². The molecule has 4 heteroatoms. The van der Waals surface area contributed by atoms with E-state index >= 15 is 0 Å². The Morgan fingerprint density at radius 2 is 2.00 bits per heavy atom. The Balaban J connectivity index is 1.70. The van der Waals surface area contributed by atoms with Crippen molar-refractivity contribution in [3.63, 3.8) is 0 Å². The summed E-state index contributed by atoms with van der Waals surface area (Å²) in [5, 5.41) is 3.63. The van der Waals surface area contributed by atoms with Crippen LogP contribution in [0, 0.1) is 17.7 Å². The Hall–Kier alpha value is -0.640. The molecule has 2 unspecified atom stereocenters. The summed E-state index contributed by atoms with van der Waals surface area (Å²) in [7, 11) is 0. The van der Waals surface area contributed by atoms with Gasteiger partial charge in [-0.05, 0) is 31.0 Å². The minimum Gasteiger partial charge on any atom is -0.316 e. The summed E-state index contributed by atoms with van der Waals surface area (Å²) in [6.07, 6.45) is 0. The standard InChI is InChI=1S/C13H16ClFN2/c14-12-3-1-2-9(13(12)15)6-17-7-10-4-16-5-11(10)8-17/h1-3,10-11,16H,4-8H2. The van der Waals surface area contributed by atoms with Gasteiger partial charge < -0.3 is 5.32 Å². The summed E-state index contributed by atoms with van der Waals surface area (Å²) in [6, 6.07) is 5.25. The fraction of sp³-hybridized carbons (Fsp3) is 0.538. The number of likely N-dealkylation sites (tertiary alicyclic amines) is 1. The molecule has 1 aromatic rings. The van der Waals surface area contributed by atoms with Gasteiger partial charge in [-0.15, -0.1) is 0 Å². The molecule has 0 spiro atoms. The van der Waals surface area contributed by atoms with Crippen molar-refractivity contribution in [1.29, 1.82) is 0 Å². The molecule has 0 aromatic heterocycles. The number of hydrogen-bond donors (Lipinski definition) is 1. The van der Waals surface area contributed by atoms with Gasteiger partial charge in [0.05, 0.1) is 5.02 Å². The van der Waals surface area contributed by atoms with E-state index in [9.17, 15) is 4.39 Å². The van der Waals surface area contributed by atoms with Crippen molar-refractivity contribution in [2.45, 2.75) is 6.54 Å². The third-order valence-electron chi connectivity index (χ3n) is 3.89. The van der Waals surface area contributed by atoms with Gasteiger partial charge in [0.15, 0.2) is 0 Å². The molecule has 2 aliphatic rings. The number of fused-ring (bicyclic) bond motifs is 1. The van der Waals surface area contributed by atoms with Gasteiger partial charge in [-0.3, -0.25) is 4.90 Å². The van der Waals surface area contributed by atoms with Crippen molar-refractivity contribution in [2.24, 2.45) is 11.8 Å². The van der Waals surface area contributed by atoms with Crippen LogP contribution in [0.5, 0.6) is 0 Å². The summed E-state index contributed by atoms with van der Waals surface area (Å²) < 4.78 is 13.8. The van der Waals surface area contributed by atoms with E-state index in [1.165, 1.54) is 0 Å². The average molecular weight is 255 g/mol. The van der Waals surface area contributed by atoms with Crippen LogP contribution in [0.15, 0.2) is 18.2 Å². The molecule has 0 aliphatic carbocycles. The van der Waals surface area contributed by atoms with Gasteiger partial charge in [0, 0.05) is 25.2 Å². The second kappa shape index (κ2) is 4.56. The Labute approximate surface area is 106 Å². The van der Waals surface area contributed by atoms with Gasteiger partial charge >= 0.3 is 0 Å². The van der Waals surface area contributed by atoms with E-state index in [1.807, 2.05) is 12.1 Å². The van der Waals surface area contributed by atoms with E-state index < -0.39 is 0 Å². The number of hydrogen-bond acceptors (Lipinski definition) is 2. The lowest BCUT2D eigenvalue weighted by molar-refractivity contribution is 0.301. The van der Waals surface area contributed by atoms with E-state index in [0.717, 1.165) is 38.0 Å². The van der Waals surface area contributed by atoms with Crippen molar-refractivity contribution >= 4 is 11.6 Å². The summed E-state index contributed by atoms with van der Waals surface area (Å²) >= 11 is 5.79. The summed E-state index contributed by atoms with van der Waals surface area (Å²) in [5.74, 6) is 1.24. The molecule has 92 valence electrons. The van der Waals surface area contributed by atoms with Crippen molar-refractivity contribution in [3.05, 3.63) is 34.6 Å². The third kappa shape index (κ3) is 2.19. The monoisotopic (exact) mass is 254 g/mol. The van der Waals surface area contributed by atoms with E-state index in [2.05, 4.69) is 10.2 Å². The van der Waals surface area contributed by atoms with Crippen molar-refractivity contribution in [3.8, 4) is 0 Å². The molecule has 2 atom stereocenters. The lowest BCUT2D eigenvalue weighted by Gasteiger charge is -2.17. The smallest absolute Gasteiger partial charge is 0.146 e. The normalized spacial score (nSPS) is 28.6. The molecule has 0 bridgehead atoms. The highest BCUT2D eigenvalue weighted by Crippen LogP contribution is 2.28. The van der Waals surface area contributed by atoms with Gasteiger partial charge in [0.25, 0.3) is 0 Å². The predicted molar refractivity (Wildman–Crippen MR) is 66.5 cm³/mol. The first-order chi connectivity index (χ1) is 8.24. The Kier molecular flexibility index (Phi) is 3.07. The lowest BCUT2D eigenvalue weighted by Crippen LogP contribution is -2.25. The van der Waals surface area contributed by atoms with Crippen LogP contribution in [0.1, 0.15) is 5.56 Å². The summed E-state index contributed by atoms with van der Waals surface area (Å²) in [5.41, 5.74) is 0.713. The van der Waals surface area contributed by atoms with Gasteiger partial charge in [-0.1, -0.05) is 23.7 Å². The van der Waals surface area contributed by atoms with Crippen LogP contribution in [0.3, 0.4) is 0 Å². The van der Waals surface area contributed by atoms with Gasteiger partial charge in [-0.2, -0.15) is 0 Å². The molecule has 2 fully saturated rings. The molecule has 17 heavy (non-hydrogen) atoms. The lowest BCUT2D eigenvalue weighted by atomic mass is 10.0. The molecule has 2 nitrogen and oxygen atoms in total. The van der Waals surface area contributed by atoms with E-state index in [-0.39, 0.29) is 10.8 Å². The number of benzene rings is 1. The molecule has 2 aliphatic heterocycles. The van der Waals surface area contributed by atoms with Crippen LogP contribution in [0.25, 0.3) is 0 Å². The molecular formula is C13H16ClFN2. The molecule has 2 saturated heterocycles. The van der Waals surface area contributed by atoms with Gasteiger partial charge in [0.1, 0.15) is 5.82 Å². The van der Waals surface area contributed by atoms with E-state index in [1.54, 1.807) is 6.07 Å². The number of halogens is 2. The third-order valence-corrected chi connectivity index (χ3v) is 4.18.